The molecule has 148 valence electrons. The van der Waals surface area contributed by atoms with Crippen molar-refractivity contribution in [3.8, 4) is 5.75 Å². The van der Waals surface area contributed by atoms with E-state index in [-0.39, 0.29) is 5.56 Å². The summed E-state index contributed by atoms with van der Waals surface area (Å²) < 4.78 is 9.37. The number of hydrogen-bond donors (Lipinski definition) is 0. The minimum absolute atomic E-state index is 0.0292. The van der Waals surface area contributed by atoms with Crippen LogP contribution in [0.1, 0.15) is 16.7 Å². The molecule has 0 aliphatic carbocycles. The molecule has 0 spiro atoms. The van der Waals surface area contributed by atoms with E-state index in [1.54, 1.807) is 4.40 Å². The van der Waals surface area contributed by atoms with E-state index in [9.17, 15) is 4.79 Å². The molecule has 0 aliphatic rings. The topological polar surface area (TPSA) is 43.6 Å². The van der Waals surface area contributed by atoms with Gasteiger partial charge in [0.2, 0.25) is 0 Å². The molecule has 3 aromatic carbocycles. The SMILES string of the molecule is Cc1cccc(COc2ccc(/C=c3\sc4nc5ccccc5n4c3=O)cc2I)c1. The largest absolute Gasteiger partial charge is 0.488 e. The van der Waals surface area contributed by atoms with Crippen molar-refractivity contribution >= 4 is 56.0 Å². The van der Waals surface area contributed by atoms with Gasteiger partial charge in [0, 0.05) is 0 Å². The summed E-state index contributed by atoms with van der Waals surface area (Å²) in [5.74, 6) is 0.837. The van der Waals surface area contributed by atoms with Crippen molar-refractivity contribution in [2.45, 2.75) is 13.5 Å². The Labute approximate surface area is 190 Å². The quantitative estimate of drug-likeness (QED) is 0.313. The molecule has 2 heterocycles. The first-order valence-corrected chi connectivity index (χ1v) is 11.4. The maximum atomic E-state index is 12.9. The number of aromatic nitrogens is 2. The summed E-state index contributed by atoms with van der Waals surface area (Å²) in [5.41, 5.74) is 5.00. The first-order chi connectivity index (χ1) is 14.6. The summed E-state index contributed by atoms with van der Waals surface area (Å²) in [6.45, 7) is 2.60. The summed E-state index contributed by atoms with van der Waals surface area (Å²) in [5, 5.41) is 0. The third-order valence-corrected chi connectivity index (χ3v) is 6.69. The second kappa shape index (κ2) is 7.85. The predicted molar refractivity (Wildman–Crippen MR) is 130 cm³/mol. The van der Waals surface area contributed by atoms with Crippen LogP contribution in [0.15, 0.2) is 71.5 Å². The van der Waals surface area contributed by atoms with Gasteiger partial charge in [-0.3, -0.25) is 4.79 Å². The first kappa shape index (κ1) is 19.3. The molecule has 0 fully saturated rings. The van der Waals surface area contributed by atoms with Crippen LogP contribution in [0.25, 0.3) is 22.1 Å². The number of fused-ring (bicyclic) bond motifs is 3. The average Bonchev–Trinajstić information content (AvgIpc) is 3.24. The lowest BCUT2D eigenvalue weighted by Crippen LogP contribution is -2.22. The molecule has 5 rings (SSSR count). The lowest BCUT2D eigenvalue weighted by Gasteiger charge is -2.09. The van der Waals surface area contributed by atoms with Crippen LogP contribution < -0.4 is 14.8 Å². The van der Waals surface area contributed by atoms with Gasteiger partial charge >= 0.3 is 0 Å². The molecule has 0 aliphatic heterocycles. The van der Waals surface area contributed by atoms with Crippen LogP contribution in [-0.4, -0.2) is 9.38 Å². The number of rotatable bonds is 4. The molecule has 0 atom stereocenters. The third-order valence-electron chi connectivity index (χ3n) is 4.88. The molecule has 0 saturated heterocycles. The van der Waals surface area contributed by atoms with Gasteiger partial charge < -0.3 is 4.74 Å². The molecule has 0 bridgehead atoms. The Morgan fingerprint density at radius 1 is 1.10 bits per heavy atom. The highest BCUT2D eigenvalue weighted by Gasteiger charge is 2.11. The van der Waals surface area contributed by atoms with Crippen molar-refractivity contribution in [3.05, 3.63) is 102 Å². The monoisotopic (exact) mass is 524 g/mol. The van der Waals surface area contributed by atoms with E-state index in [0.717, 1.165) is 36.4 Å². The number of benzene rings is 3. The zero-order valence-electron chi connectivity index (χ0n) is 16.1. The van der Waals surface area contributed by atoms with Gasteiger partial charge in [0.15, 0.2) is 4.96 Å². The summed E-state index contributed by atoms with van der Waals surface area (Å²) >= 11 is 3.69. The Bertz CT molecular complexity index is 1500. The highest BCUT2D eigenvalue weighted by molar-refractivity contribution is 14.1. The molecule has 0 unspecified atom stereocenters. The van der Waals surface area contributed by atoms with Gasteiger partial charge in [0.1, 0.15) is 12.4 Å². The van der Waals surface area contributed by atoms with Crippen molar-refractivity contribution in [3.63, 3.8) is 0 Å². The summed E-state index contributed by atoms with van der Waals surface area (Å²) in [6.07, 6.45) is 1.92. The van der Waals surface area contributed by atoms with E-state index >= 15 is 0 Å². The van der Waals surface area contributed by atoms with Gasteiger partial charge in [-0.05, 0) is 71.0 Å². The molecule has 30 heavy (non-hydrogen) atoms. The minimum atomic E-state index is -0.0292. The number of imidazole rings is 1. The summed E-state index contributed by atoms with van der Waals surface area (Å²) in [4.78, 5) is 18.2. The summed E-state index contributed by atoms with van der Waals surface area (Å²) in [6, 6.07) is 22.0. The predicted octanol–water partition coefficient (Wildman–Crippen LogP) is 4.95. The summed E-state index contributed by atoms with van der Waals surface area (Å²) in [7, 11) is 0. The number of para-hydroxylation sites is 2. The Hall–Kier alpha value is -2.71. The van der Waals surface area contributed by atoms with Crippen molar-refractivity contribution in [2.24, 2.45) is 0 Å². The molecule has 0 amide bonds. The van der Waals surface area contributed by atoms with Gasteiger partial charge in [-0.2, -0.15) is 0 Å². The molecule has 2 aromatic heterocycles. The second-order valence-electron chi connectivity index (χ2n) is 7.10. The minimum Gasteiger partial charge on any atom is -0.488 e. The zero-order valence-corrected chi connectivity index (χ0v) is 19.1. The van der Waals surface area contributed by atoms with E-state index in [1.807, 2.05) is 54.6 Å². The van der Waals surface area contributed by atoms with E-state index in [1.165, 1.54) is 16.9 Å². The average molecular weight is 524 g/mol. The molecule has 4 nitrogen and oxygen atoms in total. The fraction of sp³-hybridized carbons (Fsp3) is 0.0833. The van der Waals surface area contributed by atoms with Gasteiger partial charge in [0.25, 0.3) is 5.56 Å². The van der Waals surface area contributed by atoms with Gasteiger partial charge in [-0.15, -0.1) is 0 Å². The van der Waals surface area contributed by atoms with Gasteiger partial charge in [-0.25, -0.2) is 9.38 Å². The lowest BCUT2D eigenvalue weighted by molar-refractivity contribution is 0.304. The molecule has 6 heteroatoms. The van der Waals surface area contributed by atoms with Crippen LogP contribution in [0.3, 0.4) is 0 Å². The number of aryl methyl sites for hydroxylation is 1. The van der Waals surface area contributed by atoms with Crippen molar-refractivity contribution in [1.82, 2.24) is 9.38 Å². The smallest absolute Gasteiger partial charge is 0.274 e. The van der Waals surface area contributed by atoms with E-state index in [0.29, 0.717) is 11.1 Å². The van der Waals surface area contributed by atoms with Crippen LogP contribution in [0.4, 0.5) is 0 Å². The maximum Gasteiger partial charge on any atom is 0.274 e. The van der Waals surface area contributed by atoms with Crippen molar-refractivity contribution < 1.29 is 4.74 Å². The van der Waals surface area contributed by atoms with E-state index < -0.39 is 0 Å². The number of thiazole rings is 1. The van der Waals surface area contributed by atoms with Crippen LogP contribution in [-0.2, 0) is 6.61 Å². The van der Waals surface area contributed by atoms with Gasteiger partial charge in [-0.1, -0.05) is 59.4 Å². The standard InChI is InChI=1S/C24H17IN2O2S/c1-15-5-4-6-17(11-15)14-29-21-10-9-16(12-18(21)25)13-22-23(28)27-20-8-3-2-7-19(20)26-24(27)30-22/h2-13H,14H2,1H3/b22-13-. The van der Waals surface area contributed by atoms with Gasteiger partial charge in [0.05, 0.1) is 19.1 Å². The molecule has 0 radical (unpaired) electrons. The second-order valence-corrected chi connectivity index (χ2v) is 9.27. The molecular formula is C24H17IN2O2S. The van der Waals surface area contributed by atoms with Crippen LogP contribution in [0.2, 0.25) is 0 Å². The van der Waals surface area contributed by atoms with Crippen LogP contribution in [0, 0.1) is 10.5 Å². The molecule has 0 saturated carbocycles. The number of ether oxygens (including phenoxy) is 1. The third kappa shape index (κ3) is 3.61. The van der Waals surface area contributed by atoms with Crippen LogP contribution in [0.5, 0.6) is 5.75 Å². The molecule has 5 aromatic rings. The lowest BCUT2D eigenvalue weighted by atomic mass is 10.1. The highest BCUT2D eigenvalue weighted by Crippen LogP contribution is 2.24. The Kier molecular flexibility index (Phi) is 5.04. The fourth-order valence-electron chi connectivity index (χ4n) is 3.45. The van der Waals surface area contributed by atoms with Crippen LogP contribution >= 0.6 is 33.9 Å². The highest BCUT2D eigenvalue weighted by atomic mass is 127. The van der Waals surface area contributed by atoms with Crippen molar-refractivity contribution in [1.29, 1.82) is 0 Å². The Balaban J connectivity index is 1.45. The number of hydrogen-bond acceptors (Lipinski definition) is 4. The van der Waals surface area contributed by atoms with Crippen molar-refractivity contribution in [2.75, 3.05) is 0 Å². The molecular weight excluding hydrogens is 507 g/mol. The van der Waals surface area contributed by atoms with E-state index in [2.05, 4.69) is 52.7 Å². The van der Waals surface area contributed by atoms with E-state index in [4.69, 9.17) is 4.74 Å². The Morgan fingerprint density at radius 2 is 1.97 bits per heavy atom. The number of nitrogens with zero attached hydrogens (tertiary/aromatic N) is 2. The molecule has 0 N–H and O–H groups in total. The maximum absolute atomic E-state index is 12.9. The fourth-order valence-corrected chi connectivity index (χ4v) is 5.13. The first-order valence-electron chi connectivity index (χ1n) is 9.48. The zero-order chi connectivity index (χ0) is 20.7. The number of halogens is 1. The Morgan fingerprint density at radius 3 is 2.80 bits per heavy atom. The normalized spacial score (nSPS) is 12.1.